The number of aliphatic hydroxyl groups excluding tert-OH is 1. The molecule has 28 heavy (non-hydrogen) atoms. The van der Waals surface area contributed by atoms with Crippen molar-refractivity contribution >= 4 is 23.4 Å². The van der Waals surface area contributed by atoms with E-state index in [-0.39, 0.29) is 12.0 Å². The fourth-order valence-corrected chi connectivity index (χ4v) is 4.50. The molecule has 2 rings (SSSR count). The van der Waals surface area contributed by atoms with E-state index in [2.05, 4.69) is 60.6 Å². The van der Waals surface area contributed by atoms with Crippen molar-refractivity contribution in [3.05, 3.63) is 29.8 Å². The van der Waals surface area contributed by atoms with Gasteiger partial charge in [0.15, 0.2) is 5.96 Å². The average Bonchev–Trinajstić information content (AvgIpc) is 2.76. The van der Waals surface area contributed by atoms with Gasteiger partial charge in [0.2, 0.25) is 0 Å². The number of rotatable bonds is 10. The van der Waals surface area contributed by atoms with E-state index in [0.29, 0.717) is 6.54 Å². The summed E-state index contributed by atoms with van der Waals surface area (Å²) in [5, 5.41) is 16.3. The molecule has 1 heterocycles. The van der Waals surface area contributed by atoms with Crippen molar-refractivity contribution in [2.45, 2.75) is 46.6 Å². The molecule has 0 saturated carbocycles. The van der Waals surface area contributed by atoms with Crippen LogP contribution < -0.4 is 15.5 Å². The molecule has 5 nitrogen and oxygen atoms in total. The first kappa shape index (κ1) is 22.9. The van der Waals surface area contributed by atoms with Gasteiger partial charge in [-0.1, -0.05) is 26.0 Å². The average molecular weight is 407 g/mol. The van der Waals surface area contributed by atoms with Gasteiger partial charge >= 0.3 is 0 Å². The number of nitrogens with zero attached hydrogens (tertiary/aromatic N) is 2. The quantitative estimate of drug-likeness (QED) is 0.410. The molecular formula is C22H38N4OS. The van der Waals surface area contributed by atoms with E-state index in [4.69, 9.17) is 4.99 Å². The number of nitrogens with one attached hydrogen (secondary N) is 2. The molecule has 0 atom stereocenters. The first-order valence-electron chi connectivity index (χ1n) is 10.7. The van der Waals surface area contributed by atoms with E-state index in [9.17, 15) is 5.11 Å². The van der Waals surface area contributed by atoms with E-state index in [1.165, 1.54) is 22.8 Å². The summed E-state index contributed by atoms with van der Waals surface area (Å²) in [4.78, 5) is 7.24. The molecule has 1 aromatic rings. The highest BCUT2D eigenvalue weighted by atomic mass is 32.2. The molecule has 0 radical (unpaired) electrons. The number of guanidine groups is 1. The normalized spacial score (nSPS) is 15.6. The lowest BCUT2D eigenvalue weighted by Gasteiger charge is -2.32. The highest BCUT2D eigenvalue weighted by Crippen LogP contribution is 2.29. The smallest absolute Gasteiger partial charge is 0.191 e. The molecule has 1 aromatic carbocycles. The maximum absolute atomic E-state index is 9.42. The fourth-order valence-electron chi connectivity index (χ4n) is 3.60. The molecule has 1 fully saturated rings. The second-order valence-electron chi connectivity index (χ2n) is 7.50. The van der Waals surface area contributed by atoms with Gasteiger partial charge in [-0.25, -0.2) is 4.99 Å². The van der Waals surface area contributed by atoms with Crippen LogP contribution in [0.4, 0.5) is 5.69 Å². The lowest BCUT2D eigenvalue weighted by atomic mass is 9.79. The fraction of sp³-hybridized carbons (Fsp3) is 0.682. The first-order valence-corrected chi connectivity index (χ1v) is 11.9. The van der Waals surface area contributed by atoms with E-state index in [1.807, 2.05) is 11.8 Å². The van der Waals surface area contributed by atoms with Crippen LogP contribution in [0, 0.1) is 5.41 Å². The van der Waals surface area contributed by atoms with Crippen molar-refractivity contribution in [3.63, 3.8) is 0 Å². The summed E-state index contributed by atoms with van der Waals surface area (Å²) in [5.74, 6) is 3.29. The van der Waals surface area contributed by atoms with Gasteiger partial charge in [0, 0.05) is 50.0 Å². The van der Waals surface area contributed by atoms with Crippen LogP contribution in [0.1, 0.15) is 45.6 Å². The summed E-state index contributed by atoms with van der Waals surface area (Å²) in [6, 6.07) is 8.83. The highest BCUT2D eigenvalue weighted by Gasteiger charge is 2.25. The van der Waals surface area contributed by atoms with E-state index in [0.717, 1.165) is 51.4 Å². The third-order valence-corrected chi connectivity index (χ3v) is 6.79. The molecule has 0 unspecified atom stereocenters. The second-order valence-corrected chi connectivity index (χ2v) is 8.72. The van der Waals surface area contributed by atoms with Crippen LogP contribution in [-0.2, 0) is 6.54 Å². The Hall–Kier alpha value is -1.40. The van der Waals surface area contributed by atoms with Gasteiger partial charge in [0.05, 0.1) is 6.54 Å². The Bertz CT molecular complexity index is 581. The van der Waals surface area contributed by atoms with Gasteiger partial charge in [-0.2, -0.15) is 11.8 Å². The van der Waals surface area contributed by atoms with Crippen LogP contribution in [0.3, 0.4) is 0 Å². The number of aliphatic hydroxyl groups is 1. The zero-order valence-corrected chi connectivity index (χ0v) is 18.7. The number of hydrogen-bond acceptors (Lipinski definition) is 4. The molecule has 3 N–H and O–H groups in total. The van der Waals surface area contributed by atoms with Gasteiger partial charge in [-0.3, -0.25) is 0 Å². The van der Waals surface area contributed by atoms with Crippen molar-refractivity contribution < 1.29 is 5.11 Å². The monoisotopic (exact) mass is 406 g/mol. The number of thioether (sulfide) groups is 1. The summed E-state index contributed by atoms with van der Waals surface area (Å²) >= 11 is 2.04. The van der Waals surface area contributed by atoms with Crippen LogP contribution in [0.2, 0.25) is 0 Å². The van der Waals surface area contributed by atoms with Gasteiger partial charge in [0.1, 0.15) is 0 Å². The van der Waals surface area contributed by atoms with E-state index in [1.54, 1.807) is 0 Å². The Morgan fingerprint density at radius 1 is 1.11 bits per heavy atom. The lowest BCUT2D eigenvalue weighted by Crippen LogP contribution is -2.43. The molecule has 0 bridgehead atoms. The van der Waals surface area contributed by atoms with Crippen LogP contribution in [-0.4, -0.2) is 55.4 Å². The molecule has 0 aliphatic carbocycles. The molecule has 6 heteroatoms. The summed E-state index contributed by atoms with van der Waals surface area (Å²) < 4.78 is 0. The molecule has 1 aliphatic rings. The molecule has 158 valence electrons. The predicted octanol–water partition coefficient (Wildman–Crippen LogP) is 3.48. The molecular weight excluding hydrogens is 368 g/mol. The van der Waals surface area contributed by atoms with Gasteiger partial charge < -0.3 is 20.6 Å². The third kappa shape index (κ3) is 6.89. The standard InChI is InChI=1S/C22H38N4OS/c1-4-22(5-2,11-14-27)18-25-21(23-6-3)24-17-19-7-9-20(10-8-19)26-12-15-28-16-13-26/h7-10,27H,4-6,11-18H2,1-3H3,(H2,23,24,25). The molecule has 0 spiro atoms. The Labute approximate surface area is 175 Å². The lowest BCUT2D eigenvalue weighted by molar-refractivity contribution is 0.169. The summed E-state index contributed by atoms with van der Waals surface area (Å²) in [6.45, 7) is 11.3. The van der Waals surface area contributed by atoms with Crippen LogP contribution in [0.25, 0.3) is 0 Å². The minimum atomic E-state index is 0.124. The first-order chi connectivity index (χ1) is 13.7. The molecule has 0 aromatic heterocycles. The number of benzene rings is 1. The summed E-state index contributed by atoms with van der Waals surface area (Å²) in [5.41, 5.74) is 2.66. The SMILES string of the molecule is CCNC(=NCc1ccc(N2CCSCC2)cc1)NCC(CC)(CC)CCO. The maximum atomic E-state index is 9.42. The number of anilines is 1. The Balaban J connectivity index is 1.95. The summed E-state index contributed by atoms with van der Waals surface area (Å²) in [6.07, 6.45) is 2.92. The van der Waals surface area contributed by atoms with Crippen molar-refractivity contribution in [2.24, 2.45) is 10.4 Å². The van der Waals surface area contributed by atoms with Gasteiger partial charge in [-0.15, -0.1) is 0 Å². The van der Waals surface area contributed by atoms with Crippen molar-refractivity contribution in [1.82, 2.24) is 10.6 Å². The van der Waals surface area contributed by atoms with Crippen molar-refractivity contribution in [1.29, 1.82) is 0 Å². The number of aliphatic imine (C=N–C) groups is 1. The topological polar surface area (TPSA) is 59.9 Å². The van der Waals surface area contributed by atoms with Crippen LogP contribution >= 0.6 is 11.8 Å². The zero-order chi connectivity index (χ0) is 20.2. The Morgan fingerprint density at radius 3 is 2.36 bits per heavy atom. The zero-order valence-electron chi connectivity index (χ0n) is 17.8. The third-order valence-electron chi connectivity index (χ3n) is 5.85. The maximum Gasteiger partial charge on any atom is 0.191 e. The minimum Gasteiger partial charge on any atom is -0.396 e. The highest BCUT2D eigenvalue weighted by molar-refractivity contribution is 7.99. The molecule has 0 amide bonds. The Morgan fingerprint density at radius 2 is 1.79 bits per heavy atom. The van der Waals surface area contributed by atoms with Crippen LogP contribution in [0.15, 0.2) is 29.3 Å². The van der Waals surface area contributed by atoms with Crippen molar-refractivity contribution in [3.8, 4) is 0 Å². The summed E-state index contributed by atoms with van der Waals surface area (Å²) in [7, 11) is 0. The number of hydrogen-bond donors (Lipinski definition) is 3. The predicted molar refractivity (Wildman–Crippen MR) is 124 cm³/mol. The van der Waals surface area contributed by atoms with Gasteiger partial charge in [0.25, 0.3) is 0 Å². The van der Waals surface area contributed by atoms with E-state index >= 15 is 0 Å². The van der Waals surface area contributed by atoms with Crippen molar-refractivity contribution in [2.75, 3.05) is 49.2 Å². The van der Waals surface area contributed by atoms with Crippen LogP contribution in [0.5, 0.6) is 0 Å². The largest absolute Gasteiger partial charge is 0.396 e. The Kier molecular flexibility index (Phi) is 9.99. The molecule has 1 aliphatic heterocycles. The second kappa shape index (κ2) is 12.2. The van der Waals surface area contributed by atoms with Gasteiger partial charge in [-0.05, 0) is 49.3 Å². The minimum absolute atomic E-state index is 0.124. The molecule has 1 saturated heterocycles. The van der Waals surface area contributed by atoms with E-state index < -0.39 is 0 Å².